The van der Waals surface area contributed by atoms with Gasteiger partial charge in [0.1, 0.15) is 0 Å². The lowest BCUT2D eigenvalue weighted by Crippen LogP contribution is -2.18. The van der Waals surface area contributed by atoms with E-state index in [0.29, 0.717) is 12.2 Å². The second-order valence-corrected chi connectivity index (χ2v) is 5.99. The number of esters is 1. The molecule has 0 radical (unpaired) electrons. The smallest absolute Gasteiger partial charge is 0.338 e. The van der Waals surface area contributed by atoms with Crippen molar-refractivity contribution in [3.63, 3.8) is 0 Å². The highest BCUT2D eigenvalue weighted by atomic mass is 79.9. The van der Waals surface area contributed by atoms with Crippen LogP contribution in [0.15, 0.2) is 53.0 Å². The Bertz CT molecular complexity index is 631. The molecule has 0 aliphatic carbocycles. The van der Waals surface area contributed by atoms with Crippen LogP contribution < -0.4 is 5.32 Å². The van der Waals surface area contributed by atoms with Gasteiger partial charge in [-0.1, -0.05) is 40.2 Å². The van der Waals surface area contributed by atoms with Crippen LogP contribution in [0.3, 0.4) is 0 Å². The molecule has 0 aliphatic rings. The van der Waals surface area contributed by atoms with Crippen molar-refractivity contribution in [2.24, 2.45) is 0 Å². The van der Waals surface area contributed by atoms with E-state index in [0.717, 1.165) is 16.6 Å². The molecule has 0 aliphatic heterocycles. The summed E-state index contributed by atoms with van der Waals surface area (Å²) in [7, 11) is 0. The predicted molar refractivity (Wildman–Crippen MR) is 99.0 cm³/mol. The fourth-order valence-electron chi connectivity index (χ4n) is 2.14. The minimum atomic E-state index is -0.274. The van der Waals surface area contributed by atoms with Crippen LogP contribution in [-0.4, -0.2) is 12.6 Å². The molecule has 2 rings (SSSR count). The van der Waals surface area contributed by atoms with Crippen LogP contribution >= 0.6 is 28.3 Å². The summed E-state index contributed by atoms with van der Waals surface area (Å²) in [5.74, 6) is -0.274. The van der Waals surface area contributed by atoms with Gasteiger partial charge >= 0.3 is 5.97 Å². The third-order valence-electron chi connectivity index (χ3n) is 3.42. The highest BCUT2D eigenvalue weighted by Crippen LogP contribution is 2.16. The van der Waals surface area contributed by atoms with E-state index in [-0.39, 0.29) is 24.4 Å². The number of benzene rings is 2. The summed E-state index contributed by atoms with van der Waals surface area (Å²) in [6, 6.07) is 15.9. The van der Waals surface area contributed by atoms with Gasteiger partial charge in [0.05, 0.1) is 12.2 Å². The summed E-state index contributed by atoms with van der Waals surface area (Å²) < 4.78 is 6.11. The van der Waals surface area contributed by atoms with Gasteiger partial charge in [0.2, 0.25) is 0 Å². The van der Waals surface area contributed by atoms with Gasteiger partial charge in [0.25, 0.3) is 0 Å². The van der Waals surface area contributed by atoms with Crippen LogP contribution in [-0.2, 0) is 11.3 Å². The van der Waals surface area contributed by atoms with E-state index in [1.165, 1.54) is 5.56 Å². The van der Waals surface area contributed by atoms with Crippen LogP contribution in [0.1, 0.15) is 41.4 Å². The van der Waals surface area contributed by atoms with E-state index in [9.17, 15) is 4.79 Å². The molecule has 0 amide bonds. The van der Waals surface area contributed by atoms with Crippen molar-refractivity contribution < 1.29 is 9.53 Å². The van der Waals surface area contributed by atoms with Crippen molar-refractivity contribution in [3.8, 4) is 0 Å². The number of hydrogen-bond donors (Lipinski definition) is 1. The molecule has 0 saturated heterocycles. The number of halogens is 2. The Morgan fingerprint density at radius 3 is 2.57 bits per heavy atom. The van der Waals surface area contributed by atoms with Crippen LogP contribution in [0.4, 0.5) is 0 Å². The zero-order valence-electron chi connectivity index (χ0n) is 13.2. The fourth-order valence-corrected chi connectivity index (χ4v) is 2.40. The van der Waals surface area contributed by atoms with Gasteiger partial charge in [-0.05, 0) is 49.2 Å². The molecule has 1 unspecified atom stereocenters. The van der Waals surface area contributed by atoms with E-state index < -0.39 is 0 Å². The highest BCUT2D eigenvalue weighted by Gasteiger charge is 2.10. The molecule has 1 N–H and O–H groups in total. The molecule has 0 spiro atoms. The van der Waals surface area contributed by atoms with Crippen LogP contribution in [0.25, 0.3) is 0 Å². The van der Waals surface area contributed by atoms with Crippen LogP contribution in [0, 0.1) is 0 Å². The molecule has 5 heteroatoms. The number of hydrogen-bond acceptors (Lipinski definition) is 3. The van der Waals surface area contributed by atoms with Gasteiger partial charge in [-0.15, -0.1) is 12.4 Å². The highest BCUT2D eigenvalue weighted by molar-refractivity contribution is 9.10. The number of nitrogens with one attached hydrogen (secondary N) is 1. The lowest BCUT2D eigenvalue weighted by atomic mass is 10.0. The molecule has 2 aromatic carbocycles. The molecule has 0 bridgehead atoms. The molecule has 0 fully saturated rings. The molecule has 2 aromatic rings. The summed E-state index contributed by atoms with van der Waals surface area (Å²) in [5, 5.41) is 3.47. The van der Waals surface area contributed by atoms with E-state index >= 15 is 0 Å². The second kappa shape index (κ2) is 9.71. The summed E-state index contributed by atoms with van der Waals surface area (Å²) in [6.45, 7) is 5.06. The van der Waals surface area contributed by atoms with Crippen molar-refractivity contribution in [2.75, 3.05) is 6.61 Å². The first-order valence-electron chi connectivity index (χ1n) is 7.35. The first-order valence-corrected chi connectivity index (χ1v) is 8.14. The summed E-state index contributed by atoms with van der Waals surface area (Å²) >= 11 is 3.43. The topological polar surface area (TPSA) is 38.3 Å². The minimum Gasteiger partial charge on any atom is -0.462 e. The average molecular weight is 399 g/mol. The molecule has 1 atom stereocenters. The maximum absolute atomic E-state index is 11.8. The largest absolute Gasteiger partial charge is 0.462 e. The van der Waals surface area contributed by atoms with Gasteiger partial charge in [-0.2, -0.15) is 0 Å². The van der Waals surface area contributed by atoms with Gasteiger partial charge in [0.15, 0.2) is 0 Å². The molecule has 0 aromatic heterocycles. The number of carbonyl (C=O) groups is 1. The number of rotatable bonds is 6. The van der Waals surface area contributed by atoms with Crippen molar-refractivity contribution >= 4 is 34.3 Å². The number of carbonyl (C=O) groups excluding carboxylic acids is 1. The van der Waals surface area contributed by atoms with E-state index in [1.807, 2.05) is 37.3 Å². The molecule has 124 valence electrons. The molecule has 0 saturated carbocycles. The minimum absolute atomic E-state index is 0. The summed E-state index contributed by atoms with van der Waals surface area (Å²) in [4.78, 5) is 11.8. The van der Waals surface area contributed by atoms with Crippen molar-refractivity contribution in [2.45, 2.75) is 26.4 Å². The Hall–Kier alpha value is -1.36. The van der Waals surface area contributed by atoms with Crippen molar-refractivity contribution in [1.29, 1.82) is 0 Å². The molecule has 0 heterocycles. The fraction of sp³-hybridized carbons (Fsp3) is 0.278. The molecule has 23 heavy (non-hydrogen) atoms. The average Bonchev–Trinajstić information content (AvgIpc) is 2.54. The second-order valence-electron chi connectivity index (χ2n) is 5.07. The molecular weight excluding hydrogens is 378 g/mol. The number of ether oxygens (including phenoxy) is 1. The summed E-state index contributed by atoms with van der Waals surface area (Å²) in [6.07, 6.45) is 0. The van der Waals surface area contributed by atoms with Gasteiger partial charge in [-0.3, -0.25) is 0 Å². The zero-order valence-corrected chi connectivity index (χ0v) is 15.6. The van der Waals surface area contributed by atoms with Crippen molar-refractivity contribution in [1.82, 2.24) is 5.32 Å². The van der Waals surface area contributed by atoms with Crippen LogP contribution in [0.5, 0.6) is 0 Å². The van der Waals surface area contributed by atoms with Gasteiger partial charge in [0, 0.05) is 17.1 Å². The maximum Gasteiger partial charge on any atom is 0.338 e. The Morgan fingerprint density at radius 1 is 1.22 bits per heavy atom. The molecular formula is C18H21BrClNO2. The Morgan fingerprint density at radius 2 is 1.91 bits per heavy atom. The van der Waals surface area contributed by atoms with Crippen LogP contribution in [0.2, 0.25) is 0 Å². The standard InChI is InChI=1S/C18H20BrNO2.ClH/c1-3-22-18(21)16-6-4-5-15(11-16)13(2)20-12-14-7-9-17(19)10-8-14;/h4-11,13,20H,3,12H2,1-2H3;1H. The third kappa shape index (κ3) is 5.98. The SMILES string of the molecule is CCOC(=O)c1cccc(C(C)NCc2ccc(Br)cc2)c1.Cl. The lowest BCUT2D eigenvalue weighted by molar-refractivity contribution is 0.0526. The summed E-state index contributed by atoms with van der Waals surface area (Å²) in [5.41, 5.74) is 2.89. The monoisotopic (exact) mass is 397 g/mol. The van der Waals surface area contributed by atoms with E-state index in [2.05, 4.69) is 40.3 Å². The maximum atomic E-state index is 11.8. The quantitative estimate of drug-likeness (QED) is 0.703. The van der Waals surface area contributed by atoms with Crippen molar-refractivity contribution in [3.05, 3.63) is 69.7 Å². The molecule has 3 nitrogen and oxygen atoms in total. The van der Waals surface area contributed by atoms with Gasteiger partial charge < -0.3 is 10.1 Å². The first kappa shape index (κ1) is 19.7. The normalized spacial score (nSPS) is 11.4. The van der Waals surface area contributed by atoms with E-state index in [1.54, 1.807) is 6.07 Å². The Balaban J connectivity index is 0.00000264. The third-order valence-corrected chi connectivity index (χ3v) is 3.95. The van der Waals surface area contributed by atoms with E-state index in [4.69, 9.17) is 4.74 Å². The first-order chi connectivity index (χ1) is 10.6. The predicted octanol–water partition coefficient (Wildman–Crippen LogP) is 4.90. The Labute approximate surface area is 152 Å². The lowest BCUT2D eigenvalue weighted by Gasteiger charge is -2.15. The Kier molecular flexibility index (Phi) is 8.31. The van der Waals surface area contributed by atoms with Gasteiger partial charge in [-0.25, -0.2) is 4.79 Å². The zero-order chi connectivity index (χ0) is 15.9.